The minimum absolute atomic E-state index is 0.0640. The van der Waals surface area contributed by atoms with Gasteiger partial charge in [-0.3, -0.25) is 4.79 Å². The van der Waals surface area contributed by atoms with Crippen LogP contribution in [0.4, 0.5) is 0 Å². The van der Waals surface area contributed by atoms with Crippen molar-refractivity contribution in [2.24, 2.45) is 10.6 Å². The Hall–Kier alpha value is -1.93. The molecule has 0 fully saturated rings. The Bertz CT molecular complexity index is 779. The lowest BCUT2D eigenvalue weighted by atomic mass is 9.88. The summed E-state index contributed by atoms with van der Waals surface area (Å²) in [4.78, 5) is 23.7. The molecule has 140 valence electrons. The zero-order valence-corrected chi connectivity index (χ0v) is 16.0. The summed E-state index contributed by atoms with van der Waals surface area (Å²) in [5, 5.41) is 17.0. The Morgan fingerprint density at radius 2 is 1.80 bits per heavy atom. The minimum Gasteiger partial charge on any atom is -0.480 e. The van der Waals surface area contributed by atoms with Gasteiger partial charge in [0.1, 0.15) is 6.04 Å². The van der Waals surface area contributed by atoms with Gasteiger partial charge < -0.3 is 10.4 Å². The molecule has 0 aliphatic rings. The molecule has 0 aromatic heterocycles. The molecule has 4 N–H and O–H groups in total. The van der Waals surface area contributed by atoms with Gasteiger partial charge in [-0.15, -0.1) is 0 Å². The van der Waals surface area contributed by atoms with Crippen LogP contribution in [0.5, 0.6) is 0 Å². The minimum atomic E-state index is -3.98. The van der Waals surface area contributed by atoms with E-state index in [9.17, 15) is 23.1 Å². The maximum absolute atomic E-state index is 12.4. The summed E-state index contributed by atoms with van der Waals surface area (Å²) in [5.74, 6) is -1.78. The fourth-order valence-electron chi connectivity index (χ4n) is 2.33. The van der Waals surface area contributed by atoms with Gasteiger partial charge in [-0.25, -0.2) is 18.4 Å². The van der Waals surface area contributed by atoms with Crippen molar-refractivity contribution in [3.8, 4) is 0 Å². The van der Waals surface area contributed by atoms with Crippen LogP contribution >= 0.6 is 0 Å². The van der Waals surface area contributed by atoms with Gasteiger partial charge in [0.25, 0.3) is 5.91 Å². The van der Waals surface area contributed by atoms with Crippen LogP contribution in [-0.2, 0) is 14.8 Å². The number of aryl methyl sites for hydroxylation is 1. The molecule has 0 bridgehead atoms. The van der Waals surface area contributed by atoms with E-state index in [1.807, 2.05) is 20.8 Å². The van der Waals surface area contributed by atoms with Gasteiger partial charge in [-0.2, -0.15) is 0 Å². The number of aliphatic carboxylic acids is 1. The monoisotopic (exact) mass is 370 g/mol. The maximum atomic E-state index is 12.4. The molecule has 7 nitrogen and oxygen atoms in total. The Labute approximate surface area is 148 Å². The summed E-state index contributed by atoms with van der Waals surface area (Å²) < 4.78 is 23.4. The largest absolute Gasteiger partial charge is 0.480 e. The van der Waals surface area contributed by atoms with Crippen molar-refractivity contribution >= 4 is 21.9 Å². The predicted molar refractivity (Wildman–Crippen MR) is 94.9 cm³/mol. The molecule has 0 aliphatic carbocycles. The van der Waals surface area contributed by atoms with Crippen molar-refractivity contribution in [3.63, 3.8) is 0 Å². The van der Waals surface area contributed by atoms with Crippen molar-refractivity contribution < 1.29 is 23.1 Å². The first-order valence-electron chi connectivity index (χ1n) is 7.90. The van der Waals surface area contributed by atoms with Crippen LogP contribution in [0.1, 0.15) is 55.1 Å². The van der Waals surface area contributed by atoms with Crippen LogP contribution in [0, 0.1) is 19.3 Å². The Kier molecular flexibility index (Phi) is 6.36. The Morgan fingerprint density at radius 3 is 2.24 bits per heavy atom. The molecular weight excluding hydrogens is 344 g/mol. The van der Waals surface area contributed by atoms with E-state index >= 15 is 0 Å². The van der Waals surface area contributed by atoms with Crippen molar-refractivity contribution in [2.45, 2.75) is 58.4 Å². The van der Waals surface area contributed by atoms with Gasteiger partial charge in [-0.1, -0.05) is 20.8 Å². The molecule has 0 aliphatic heterocycles. The molecule has 25 heavy (non-hydrogen) atoms. The lowest BCUT2D eigenvalue weighted by Crippen LogP contribution is -2.41. The zero-order valence-electron chi connectivity index (χ0n) is 15.2. The second-order valence-electron chi connectivity index (χ2n) is 7.42. The van der Waals surface area contributed by atoms with Gasteiger partial charge in [-0.05, 0) is 55.4 Å². The van der Waals surface area contributed by atoms with Crippen molar-refractivity contribution in [1.29, 1.82) is 0 Å². The van der Waals surface area contributed by atoms with Gasteiger partial charge in [0.15, 0.2) is 0 Å². The summed E-state index contributed by atoms with van der Waals surface area (Å²) in [6.45, 7) is 9.20. The standard InChI is InChI=1S/C17H26N2O5S/c1-10-8-12(9-14(11(10)2)25(18,23)24)15(20)19-13(16(21)22)6-7-17(3,4)5/h8-9,13H,6-7H2,1-5H3,(H,19,20)(H,21,22)(H2,18,23,24). The topological polar surface area (TPSA) is 127 Å². The molecule has 1 amide bonds. The highest BCUT2D eigenvalue weighted by molar-refractivity contribution is 7.89. The van der Waals surface area contributed by atoms with Crippen molar-refractivity contribution in [1.82, 2.24) is 5.32 Å². The van der Waals surface area contributed by atoms with E-state index in [1.165, 1.54) is 12.1 Å². The summed E-state index contributed by atoms with van der Waals surface area (Å²) >= 11 is 0. The second kappa shape index (κ2) is 7.53. The smallest absolute Gasteiger partial charge is 0.326 e. The van der Waals surface area contributed by atoms with Crippen LogP contribution in [-0.4, -0.2) is 31.4 Å². The number of rotatable bonds is 6. The number of carbonyl (C=O) groups excluding carboxylic acids is 1. The van der Waals surface area contributed by atoms with E-state index in [2.05, 4.69) is 5.32 Å². The third kappa shape index (κ3) is 6.13. The van der Waals surface area contributed by atoms with Crippen LogP contribution in [0.25, 0.3) is 0 Å². The third-order valence-electron chi connectivity index (χ3n) is 3.97. The average molecular weight is 370 g/mol. The lowest BCUT2D eigenvalue weighted by molar-refractivity contribution is -0.139. The van der Waals surface area contributed by atoms with E-state index in [0.717, 1.165) is 0 Å². The summed E-state index contributed by atoms with van der Waals surface area (Å²) in [5.41, 5.74) is 1.04. The number of hydrogen-bond donors (Lipinski definition) is 3. The molecule has 1 rings (SSSR count). The van der Waals surface area contributed by atoms with E-state index in [-0.39, 0.29) is 22.3 Å². The maximum Gasteiger partial charge on any atom is 0.326 e. The van der Waals surface area contributed by atoms with Crippen LogP contribution < -0.4 is 10.5 Å². The summed E-state index contributed by atoms with van der Waals surface area (Å²) in [7, 11) is -3.98. The number of carboxylic acid groups (broad SMARTS) is 1. The molecule has 1 aromatic carbocycles. The van der Waals surface area contributed by atoms with Crippen molar-refractivity contribution in [3.05, 3.63) is 28.8 Å². The molecular formula is C17H26N2O5S. The highest BCUT2D eigenvalue weighted by atomic mass is 32.2. The van der Waals surface area contributed by atoms with Gasteiger partial charge >= 0.3 is 5.97 Å². The van der Waals surface area contributed by atoms with Crippen LogP contribution in [0.15, 0.2) is 17.0 Å². The Balaban J connectivity index is 3.10. The number of nitrogens with one attached hydrogen (secondary N) is 1. The summed E-state index contributed by atoms with van der Waals surface area (Å²) in [6, 6.07) is 1.64. The summed E-state index contributed by atoms with van der Waals surface area (Å²) in [6.07, 6.45) is 0.886. The van der Waals surface area contributed by atoms with Gasteiger partial charge in [0, 0.05) is 5.56 Å². The first-order valence-corrected chi connectivity index (χ1v) is 9.45. The van der Waals surface area contributed by atoms with E-state index in [1.54, 1.807) is 13.8 Å². The fourth-order valence-corrected chi connectivity index (χ4v) is 3.21. The van der Waals surface area contributed by atoms with Crippen LogP contribution in [0.3, 0.4) is 0 Å². The molecule has 0 spiro atoms. The number of amides is 1. The molecule has 0 saturated heterocycles. The van der Waals surface area contributed by atoms with Gasteiger partial charge in [0.2, 0.25) is 10.0 Å². The number of carbonyl (C=O) groups is 2. The predicted octanol–water partition coefficient (Wildman–Crippen LogP) is 1.96. The number of nitrogens with two attached hydrogens (primary N) is 1. The lowest BCUT2D eigenvalue weighted by Gasteiger charge is -2.22. The molecule has 1 unspecified atom stereocenters. The van der Waals surface area contributed by atoms with E-state index in [4.69, 9.17) is 5.14 Å². The number of benzene rings is 1. The highest BCUT2D eigenvalue weighted by Crippen LogP contribution is 2.23. The first kappa shape index (κ1) is 21.1. The SMILES string of the molecule is Cc1cc(C(=O)NC(CCC(C)(C)C)C(=O)O)cc(S(N)(=O)=O)c1C. The number of carboxylic acids is 1. The van der Waals surface area contributed by atoms with E-state index < -0.39 is 27.9 Å². The van der Waals surface area contributed by atoms with E-state index in [0.29, 0.717) is 17.5 Å². The molecule has 0 saturated carbocycles. The van der Waals surface area contributed by atoms with Crippen LogP contribution in [0.2, 0.25) is 0 Å². The second-order valence-corrected chi connectivity index (χ2v) is 8.95. The zero-order chi connectivity index (χ0) is 19.6. The van der Waals surface area contributed by atoms with Gasteiger partial charge in [0.05, 0.1) is 4.90 Å². The number of primary sulfonamides is 1. The number of hydrogen-bond acceptors (Lipinski definition) is 4. The highest BCUT2D eigenvalue weighted by Gasteiger charge is 2.24. The Morgan fingerprint density at radius 1 is 1.24 bits per heavy atom. The molecule has 8 heteroatoms. The first-order chi connectivity index (χ1) is 11.2. The average Bonchev–Trinajstić information content (AvgIpc) is 2.43. The third-order valence-corrected chi connectivity index (χ3v) is 5.01. The molecule has 0 radical (unpaired) electrons. The fraction of sp³-hybridized carbons (Fsp3) is 0.529. The molecule has 0 heterocycles. The quantitative estimate of drug-likeness (QED) is 0.705. The molecule has 1 atom stereocenters. The van der Waals surface area contributed by atoms with Crippen molar-refractivity contribution in [2.75, 3.05) is 0 Å². The molecule has 1 aromatic rings. The number of sulfonamides is 1. The normalized spacial score (nSPS) is 13.4.